The lowest BCUT2D eigenvalue weighted by molar-refractivity contribution is 0.204. The molecular formula is C39H51Cl2N7O. The lowest BCUT2D eigenvalue weighted by Crippen LogP contribution is -2.37. The zero-order chi connectivity index (χ0) is 35.3. The van der Waals surface area contributed by atoms with Crippen molar-refractivity contribution in [1.82, 2.24) is 29.7 Å². The van der Waals surface area contributed by atoms with Crippen molar-refractivity contribution in [3.63, 3.8) is 0 Å². The van der Waals surface area contributed by atoms with Gasteiger partial charge >= 0.3 is 0 Å². The first kappa shape index (κ1) is 38.3. The second-order valence-electron chi connectivity index (χ2n) is 13.3. The average Bonchev–Trinajstić information content (AvgIpc) is 3.76. The molecule has 0 fully saturated rings. The Morgan fingerprint density at radius 2 is 1.33 bits per heavy atom. The number of nitrogens with one attached hydrogen (secondary N) is 2. The van der Waals surface area contributed by atoms with Crippen LogP contribution in [0.15, 0.2) is 104 Å². The second kappa shape index (κ2) is 18.5. The van der Waals surface area contributed by atoms with E-state index in [0.29, 0.717) is 12.4 Å². The molecular weight excluding hydrogens is 653 g/mol. The fraction of sp³-hybridized carbons (Fsp3) is 0.385. The topological polar surface area (TPSA) is 106 Å². The summed E-state index contributed by atoms with van der Waals surface area (Å²) in [5.74, 6) is 0.679. The van der Waals surface area contributed by atoms with Crippen LogP contribution >= 0.6 is 23.2 Å². The molecule has 0 bridgehead atoms. The summed E-state index contributed by atoms with van der Waals surface area (Å²) >= 11 is 11.9. The maximum Gasteiger partial charge on any atom is 0.142 e. The van der Waals surface area contributed by atoms with Crippen LogP contribution < -0.4 is 16.4 Å². The molecule has 0 spiro atoms. The third-order valence-corrected chi connectivity index (χ3v) is 9.13. The molecule has 2 heterocycles. The maximum absolute atomic E-state index is 10.6. The molecule has 49 heavy (non-hydrogen) atoms. The number of aliphatic hydroxyl groups is 1. The number of benzene rings is 3. The summed E-state index contributed by atoms with van der Waals surface area (Å²) in [5, 5.41) is 19.3. The van der Waals surface area contributed by atoms with E-state index in [2.05, 4.69) is 83.3 Å². The summed E-state index contributed by atoms with van der Waals surface area (Å²) in [7, 11) is 0. The van der Waals surface area contributed by atoms with Crippen molar-refractivity contribution in [3.05, 3.63) is 142 Å². The molecule has 0 amide bonds. The Hall–Kier alpha value is -3.50. The molecule has 0 aliphatic carbocycles. The largest absolute Gasteiger partial charge is 0.380 e. The summed E-state index contributed by atoms with van der Waals surface area (Å²) in [6, 6.07) is 25.6. The first-order chi connectivity index (χ1) is 23.5. The molecule has 0 saturated heterocycles. The highest BCUT2D eigenvalue weighted by atomic mass is 35.5. The molecule has 8 nitrogen and oxygen atoms in total. The molecule has 0 radical (unpaired) electrons. The maximum atomic E-state index is 10.6. The summed E-state index contributed by atoms with van der Waals surface area (Å²) in [6.45, 7) is 12.9. The van der Waals surface area contributed by atoms with Crippen LogP contribution in [0.5, 0.6) is 0 Å². The van der Waals surface area contributed by atoms with Crippen LogP contribution in [0.1, 0.15) is 74.8 Å². The highest BCUT2D eigenvalue weighted by Gasteiger charge is 2.21. The van der Waals surface area contributed by atoms with E-state index in [0.717, 1.165) is 66.7 Å². The van der Waals surface area contributed by atoms with E-state index < -0.39 is 6.10 Å². The Balaban J connectivity index is 0.000000226. The molecule has 0 aliphatic rings. The third-order valence-electron chi connectivity index (χ3n) is 8.63. The number of nitrogens with zero attached hydrogens (tertiary/aromatic N) is 4. The van der Waals surface area contributed by atoms with Crippen molar-refractivity contribution in [2.75, 3.05) is 19.6 Å². The molecule has 0 saturated carbocycles. The molecule has 5 N–H and O–H groups in total. The van der Waals surface area contributed by atoms with Crippen molar-refractivity contribution in [1.29, 1.82) is 0 Å². The molecule has 10 heteroatoms. The van der Waals surface area contributed by atoms with E-state index in [1.54, 1.807) is 6.20 Å². The van der Waals surface area contributed by atoms with Gasteiger partial charge in [0.05, 0.1) is 12.0 Å². The number of aryl methyl sites for hydroxylation is 2. The highest BCUT2D eigenvalue weighted by molar-refractivity contribution is 6.30. The van der Waals surface area contributed by atoms with Gasteiger partial charge in [-0.3, -0.25) is 0 Å². The van der Waals surface area contributed by atoms with Crippen LogP contribution in [0.25, 0.3) is 0 Å². The van der Waals surface area contributed by atoms with E-state index in [1.807, 2.05) is 71.7 Å². The number of aromatic nitrogens is 4. The predicted molar refractivity (Wildman–Crippen MR) is 202 cm³/mol. The van der Waals surface area contributed by atoms with Gasteiger partial charge in [0.15, 0.2) is 0 Å². The van der Waals surface area contributed by atoms with Crippen molar-refractivity contribution < 1.29 is 5.11 Å². The molecule has 1 unspecified atom stereocenters. The summed E-state index contributed by atoms with van der Waals surface area (Å²) in [6.07, 6.45) is 9.75. The van der Waals surface area contributed by atoms with Gasteiger partial charge in [-0.25, -0.2) is 9.97 Å². The van der Waals surface area contributed by atoms with Gasteiger partial charge in [0, 0.05) is 59.2 Å². The van der Waals surface area contributed by atoms with Gasteiger partial charge in [0.25, 0.3) is 0 Å². The lowest BCUT2D eigenvalue weighted by Gasteiger charge is -2.27. The van der Waals surface area contributed by atoms with Crippen molar-refractivity contribution >= 4 is 23.2 Å². The zero-order valence-electron chi connectivity index (χ0n) is 29.1. The van der Waals surface area contributed by atoms with Gasteiger partial charge in [0.1, 0.15) is 11.9 Å². The van der Waals surface area contributed by atoms with E-state index in [1.165, 1.54) is 11.1 Å². The van der Waals surface area contributed by atoms with E-state index in [9.17, 15) is 5.11 Å². The number of nitrogens with two attached hydrogens (primary N) is 1. The number of aliphatic hydroxyl groups excluding tert-OH is 1. The first-order valence-electron chi connectivity index (χ1n) is 17.0. The minimum absolute atomic E-state index is 0.0652. The van der Waals surface area contributed by atoms with Gasteiger partial charge in [-0.1, -0.05) is 77.8 Å². The summed E-state index contributed by atoms with van der Waals surface area (Å²) < 4.78 is 4.15. The van der Waals surface area contributed by atoms with Gasteiger partial charge in [-0.2, -0.15) is 0 Å². The smallest absolute Gasteiger partial charge is 0.142 e. The van der Waals surface area contributed by atoms with Crippen LogP contribution in [-0.2, 0) is 30.6 Å². The third kappa shape index (κ3) is 11.8. The van der Waals surface area contributed by atoms with Gasteiger partial charge < -0.3 is 30.6 Å². The number of imidazole rings is 2. The van der Waals surface area contributed by atoms with Crippen LogP contribution in [0, 0.1) is 0 Å². The summed E-state index contributed by atoms with van der Waals surface area (Å²) in [5.41, 5.74) is 9.70. The van der Waals surface area contributed by atoms with E-state index >= 15 is 0 Å². The van der Waals surface area contributed by atoms with Crippen molar-refractivity contribution in [2.45, 2.75) is 77.2 Å². The van der Waals surface area contributed by atoms with Crippen molar-refractivity contribution in [2.24, 2.45) is 5.73 Å². The Morgan fingerprint density at radius 3 is 1.88 bits per heavy atom. The second-order valence-corrected chi connectivity index (χ2v) is 14.1. The highest BCUT2D eigenvalue weighted by Crippen LogP contribution is 2.24. The quantitative estimate of drug-likeness (QED) is 0.0794. The predicted octanol–water partition coefficient (Wildman–Crippen LogP) is 7.49. The fourth-order valence-corrected chi connectivity index (χ4v) is 5.85. The minimum Gasteiger partial charge on any atom is -0.380 e. The summed E-state index contributed by atoms with van der Waals surface area (Å²) in [4.78, 5) is 8.70. The fourth-order valence-electron chi connectivity index (χ4n) is 5.60. The van der Waals surface area contributed by atoms with E-state index in [-0.39, 0.29) is 11.1 Å². The Labute approximate surface area is 301 Å². The van der Waals surface area contributed by atoms with Crippen LogP contribution in [-0.4, -0.2) is 43.8 Å². The number of hydrogen-bond acceptors (Lipinski definition) is 6. The lowest BCUT2D eigenvalue weighted by atomic mass is 9.94. The van der Waals surface area contributed by atoms with Crippen LogP contribution in [0.4, 0.5) is 0 Å². The normalized spacial score (nSPS) is 12.4. The SMILES string of the molecule is CC(C)(NCCCn1ccnc1C(O)c1ccccc1)c1ccc(Cl)cc1.CC(C)(NCCCn1cnc(CCN)c1)c1ccc(Cl)cc1. The number of halogens is 2. The Bertz CT molecular complexity index is 1670. The molecule has 5 aromatic rings. The number of rotatable bonds is 16. The van der Waals surface area contributed by atoms with Crippen LogP contribution in [0.2, 0.25) is 10.0 Å². The average molecular weight is 705 g/mol. The molecule has 3 aromatic carbocycles. The molecule has 0 aliphatic heterocycles. The standard InChI is InChI=1S/C22H26ClN3O.C17H25ClN4/c1-22(2,18-9-11-19(23)12-10-18)25-13-6-15-26-16-14-24-21(26)20(27)17-7-4-3-5-8-17;1-17(2,14-4-6-15(18)7-5-14)21-10-3-11-22-12-16(8-9-19)20-13-22/h3-5,7-12,14,16,20,25,27H,6,13,15H2,1-2H3;4-7,12-13,21H,3,8-11,19H2,1-2H3. The molecule has 262 valence electrons. The first-order valence-corrected chi connectivity index (χ1v) is 17.7. The van der Waals surface area contributed by atoms with E-state index in [4.69, 9.17) is 28.9 Å². The molecule has 2 aromatic heterocycles. The Morgan fingerprint density at radius 1 is 0.776 bits per heavy atom. The zero-order valence-corrected chi connectivity index (χ0v) is 30.6. The van der Waals surface area contributed by atoms with Gasteiger partial charge in [-0.15, -0.1) is 0 Å². The minimum atomic E-state index is -0.709. The Kier molecular flexibility index (Phi) is 14.4. The molecule has 5 rings (SSSR count). The van der Waals surface area contributed by atoms with Gasteiger partial charge in [0.2, 0.25) is 0 Å². The van der Waals surface area contributed by atoms with Crippen LogP contribution in [0.3, 0.4) is 0 Å². The number of hydrogen-bond donors (Lipinski definition) is 4. The van der Waals surface area contributed by atoms with Gasteiger partial charge in [-0.05, 0) is 101 Å². The monoisotopic (exact) mass is 703 g/mol. The molecule has 1 atom stereocenters. The van der Waals surface area contributed by atoms with Crippen molar-refractivity contribution in [3.8, 4) is 0 Å².